The van der Waals surface area contributed by atoms with Crippen LogP contribution in [0.15, 0.2) is 18.2 Å². The van der Waals surface area contributed by atoms with Crippen LogP contribution < -0.4 is 10.6 Å². The van der Waals surface area contributed by atoms with Crippen LogP contribution in [0.1, 0.15) is 39.2 Å². The Morgan fingerprint density at radius 2 is 2.04 bits per heavy atom. The van der Waals surface area contributed by atoms with E-state index < -0.39 is 22.9 Å². The quantitative estimate of drug-likeness (QED) is 0.545. The predicted octanol–water partition coefficient (Wildman–Crippen LogP) is 1.98. The molecule has 7 heteroatoms. The molecule has 1 fully saturated rings. The van der Waals surface area contributed by atoms with E-state index in [0.717, 1.165) is 3.57 Å². The first-order chi connectivity index (χ1) is 11.2. The number of nitrogens with one attached hydrogen (secondary N) is 2. The Morgan fingerprint density at radius 1 is 1.33 bits per heavy atom. The number of benzene rings is 1. The number of rotatable bonds is 2. The van der Waals surface area contributed by atoms with E-state index in [2.05, 4.69) is 33.2 Å². The molecule has 1 aromatic carbocycles. The molecule has 2 N–H and O–H groups in total. The highest BCUT2D eigenvalue weighted by molar-refractivity contribution is 14.1. The Balaban J connectivity index is 2.21. The summed E-state index contributed by atoms with van der Waals surface area (Å²) in [6.07, 6.45) is 1.01. The topological polar surface area (TPSA) is 78.5 Å². The maximum atomic E-state index is 13.2. The van der Waals surface area contributed by atoms with Gasteiger partial charge in [0.1, 0.15) is 0 Å². The van der Waals surface area contributed by atoms with Gasteiger partial charge in [-0.15, -0.1) is 0 Å². The first-order valence-electron chi connectivity index (χ1n) is 7.91. The van der Waals surface area contributed by atoms with Gasteiger partial charge in [0.15, 0.2) is 0 Å². The van der Waals surface area contributed by atoms with Crippen molar-refractivity contribution in [3.8, 4) is 0 Å². The summed E-state index contributed by atoms with van der Waals surface area (Å²) in [4.78, 5) is 40.1. The maximum absolute atomic E-state index is 13.2. The fraction of sp³-hybridized carbons (Fsp3) is 0.471. The second-order valence-electron chi connectivity index (χ2n) is 7.21. The minimum atomic E-state index is -1.63. The Bertz CT molecular complexity index is 741. The minimum absolute atomic E-state index is 0.166. The first-order valence-corrected chi connectivity index (χ1v) is 8.99. The van der Waals surface area contributed by atoms with Gasteiger partial charge in [0.2, 0.25) is 11.4 Å². The van der Waals surface area contributed by atoms with Gasteiger partial charge in [0, 0.05) is 33.3 Å². The molecular formula is C17H20IN3O3. The van der Waals surface area contributed by atoms with Crippen LogP contribution in [0.2, 0.25) is 0 Å². The molecule has 3 rings (SSSR count). The van der Waals surface area contributed by atoms with Crippen molar-refractivity contribution in [2.75, 3.05) is 11.9 Å². The van der Waals surface area contributed by atoms with Crippen LogP contribution in [0.25, 0.3) is 0 Å². The van der Waals surface area contributed by atoms with Crippen molar-refractivity contribution < 1.29 is 14.4 Å². The van der Waals surface area contributed by atoms with Gasteiger partial charge in [-0.3, -0.25) is 14.4 Å². The highest BCUT2D eigenvalue weighted by atomic mass is 127. The van der Waals surface area contributed by atoms with Crippen molar-refractivity contribution in [1.82, 2.24) is 10.2 Å². The smallest absolute Gasteiger partial charge is 0.265 e. The molecule has 2 aliphatic rings. The number of hydrogen-bond donors (Lipinski definition) is 2. The highest BCUT2D eigenvalue weighted by Crippen LogP contribution is 2.43. The molecule has 0 aliphatic carbocycles. The summed E-state index contributed by atoms with van der Waals surface area (Å²) < 4.78 is 0.905. The third kappa shape index (κ3) is 2.58. The molecular weight excluding hydrogens is 421 g/mol. The number of halogens is 1. The van der Waals surface area contributed by atoms with Gasteiger partial charge in [-0.2, -0.15) is 0 Å². The van der Waals surface area contributed by atoms with Crippen molar-refractivity contribution >= 4 is 46.0 Å². The summed E-state index contributed by atoms with van der Waals surface area (Å²) in [5.41, 5.74) is -1.00. The predicted molar refractivity (Wildman–Crippen MR) is 98.3 cm³/mol. The molecule has 128 valence electrons. The number of likely N-dealkylation sites (tertiary alicyclic amines) is 1. The molecule has 0 saturated carbocycles. The van der Waals surface area contributed by atoms with E-state index in [-0.39, 0.29) is 5.91 Å². The molecule has 24 heavy (non-hydrogen) atoms. The van der Waals surface area contributed by atoms with Gasteiger partial charge in [-0.05, 0) is 68.0 Å². The number of amides is 3. The molecule has 2 heterocycles. The number of hydrogen-bond acceptors (Lipinski definition) is 3. The third-order valence-corrected chi connectivity index (χ3v) is 4.91. The zero-order chi connectivity index (χ0) is 17.7. The fourth-order valence-corrected chi connectivity index (χ4v) is 3.80. The summed E-state index contributed by atoms with van der Waals surface area (Å²) in [6, 6.07) is 5.45. The lowest BCUT2D eigenvalue weighted by atomic mass is 9.87. The van der Waals surface area contributed by atoms with Crippen molar-refractivity contribution in [2.24, 2.45) is 0 Å². The van der Waals surface area contributed by atoms with Crippen molar-refractivity contribution in [1.29, 1.82) is 0 Å². The average molecular weight is 441 g/mol. The standard InChI is InChI=1S/C17H20IN3O3/c1-16(2,3)20-15(24)17(21-8-4-5-13(21)22)11-9-10(18)6-7-12(11)19-14(17)23/h6-7,9H,4-5,8H2,1-3H3,(H,19,23)(H,20,24). The molecule has 2 aliphatic heterocycles. The Morgan fingerprint density at radius 3 is 2.62 bits per heavy atom. The number of fused-ring (bicyclic) bond motifs is 1. The van der Waals surface area contributed by atoms with E-state index in [4.69, 9.17) is 0 Å². The van der Waals surface area contributed by atoms with E-state index in [1.165, 1.54) is 4.90 Å². The van der Waals surface area contributed by atoms with Crippen LogP contribution in [0.5, 0.6) is 0 Å². The monoisotopic (exact) mass is 441 g/mol. The first kappa shape index (κ1) is 17.2. The van der Waals surface area contributed by atoms with Crippen LogP contribution in [-0.2, 0) is 19.9 Å². The lowest BCUT2D eigenvalue weighted by Gasteiger charge is -2.37. The number of nitrogens with zero attached hydrogens (tertiary/aromatic N) is 1. The van der Waals surface area contributed by atoms with Gasteiger partial charge in [0.25, 0.3) is 11.8 Å². The summed E-state index contributed by atoms with van der Waals surface area (Å²) in [6.45, 7) is 5.96. The average Bonchev–Trinajstić information content (AvgIpc) is 2.98. The van der Waals surface area contributed by atoms with Gasteiger partial charge >= 0.3 is 0 Å². The summed E-state index contributed by atoms with van der Waals surface area (Å²) in [5.74, 6) is -1.08. The molecule has 3 amide bonds. The van der Waals surface area contributed by atoms with E-state index in [1.54, 1.807) is 6.07 Å². The molecule has 6 nitrogen and oxygen atoms in total. The van der Waals surface area contributed by atoms with Crippen LogP contribution in [0.3, 0.4) is 0 Å². The van der Waals surface area contributed by atoms with Gasteiger partial charge in [0.05, 0.1) is 0 Å². The minimum Gasteiger partial charge on any atom is -0.349 e. The van der Waals surface area contributed by atoms with Crippen LogP contribution >= 0.6 is 22.6 Å². The summed E-state index contributed by atoms with van der Waals surface area (Å²) in [5, 5.41) is 5.68. The fourth-order valence-electron chi connectivity index (χ4n) is 3.31. The van der Waals surface area contributed by atoms with Crippen molar-refractivity contribution in [3.63, 3.8) is 0 Å². The molecule has 0 radical (unpaired) electrons. The van der Waals surface area contributed by atoms with E-state index in [9.17, 15) is 14.4 Å². The molecule has 0 aromatic heterocycles. The lowest BCUT2D eigenvalue weighted by Crippen LogP contribution is -2.63. The zero-order valence-electron chi connectivity index (χ0n) is 13.9. The largest absolute Gasteiger partial charge is 0.349 e. The van der Waals surface area contributed by atoms with E-state index >= 15 is 0 Å². The number of carbonyl (C=O) groups is 3. The maximum Gasteiger partial charge on any atom is 0.265 e. The van der Waals surface area contributed by atoms with Crippen molar-refractivity contribution in [2.45, 2.75) is 44.7 Å². The molecule has 1 atom stereocenters. The molecule has 1 unspecified atom stereocenters. The normalized spacial score (nSPS) is 23.2. The van der Waals surface area contributed by atoms with E-state index in [1.807, 2.05) is 32.9 Å². The second-order valence-corrected chi connectivity index (χ2v) is 8.45. The summed E-state index contributed by atoms with van der Waals surface area (Å²) in [7, 11) is 0. The Hall–Kier alpha value is -1.64. The lowest BCUT2D eigenvalue weighted by molar-refractivity contribution is -0.152. The van der Waals surface area contributed by atoms with Gasteiger partial charge < -0.3 is 15.5 Å². The molecule has 0 spiro atoms. The Labute approximate surface area is 154 Å². The van der Waals surface area contributed by atoms with Crippen molar-refractivity contribution in [3.05, 3.63) is 27.3 Å². The number of carbonyl (C=O) groups excluding carboxylic acids is 3. The Kier molecular flexibility index (Phi) is 4.09. The zero-order valence-corrected chi connectivity index (χ0v) is 16.1. The SMILES string of the molecule is CC(C)(C)NC(=O)C1(N2CCCC2=O)C(=O)Nc2ccc(I)cc21. The summed E-state index contributed by atoms with van der Waals surface area (Å²) >= 11 is 2.14. The second kappa shape index (κ2) is 5.72. The molecule has 1 aromatic rings. The van der Waals surface area contributed by atoms with Crippen LogP contribution in [-0.4, -0.2) is 34.7 Å². The van der Waals surface area contributed by atoms with Crippen LogP contribution in [0, 0.1) is 3.57 Å². The van der Waals surface area contributed by atoms with Gasteiger partial charge in [-0.1, -0.05) is 0 Å². The highest BCUT2D eigenvalue weighted by Gasteiger charge is 2.60. The van der Waals surface area contributed by atoms with Crippen LogP contribution in [0.4, 0.5) is 5.69 Å². The third-order valence-electron chi connectivity index (χ3n) is 4.24. The van der Waals surface area contributed by atoms with E-state index in [0.29, 0.717) is 30.6 Å². The number of anilines is 1. The molecule has 0 bridgehead atoms. The molecule has 1 saturated heterocycles. The van der Waals surface area contributed by atoms with Gasteiger partial charge in [-0.25, -0.2) is 0 Å².